The summed E-state index contributed by atoms with van der Waals surface area (Å²) in [6.07, 6.45) is -11.0. The van der Waals surface area contributed by atoms with E-state index in [1.807, 2.05) is 0 Å². The fourth-order valence-electron chi connectivity index (χ4n) is 2.42. The first-order chi connectivity index (χ1) is 11.6. The molecule has 0 amide bonds. The average molecular weight is 361 g/mol. The maximum absolute atomic E-state index is 12.8. The van der Waals surface area contributed by atoms with Crippen LogP contribution < -0.4 is 0 Å². The van der Waals surface area contributed by atoms with Crippen LogP contribution in [0.3, 0.4) is 0 Å². The van der Waals surface area contributed by atoms with Crippen LogP contribution >= 0.6 is 0 Å². The highest BCUT2D eigenvalue weighted by Crippen LogP contribution is 2.46. The zero-order valence-corrected chi connectivity index (χ0v) is 12.2. The van der Waals surface area contributed by atoms with Gasteiger partial charge in [-0.25, -0.2) is 4.98 Å². The number of phenols is 1. The van der Waals surface area contributed by atoms with E-state index in [0.717, 1.165) is 12.1 Å². The second-order valence-electron chi connectivity index (χ2n) is 5.31. The van der Waals surface area contributed by atoms with Gasteiger partial charge in [0, 0.05) is 5.56 Å². The molecule has 0 bridgehead atoms. The van der Waals surface area contributed by atoms with Crippen LogP contribution in [0.4, 0.5) is 26.3 Å². The lowest BCUT2D eigenvalue weighted by molar-refractivity contribution is -0.253. The van der Waals surface area contributed by atoms with Crippen LogP contribution in [0.1, 0.15) is 11.5 Å². The standard InChI is InChI=1S/C16H9F6NO2/c17-15(18,19)13(16(20,21)22)9-3-6-12-11(7-9)23-14(25-12)8-1-4-10(24)5-2-8/h1-7,13,24H. The summed E-state index contributed by atoms with van der Waals surface area (Å²) in [6, 6.07) is 8.06. The van der Waals surface area contributed by atoms with E-state index >= 15 is 0 Å². The van der Waals surface area contributed by atoms with Gasteiger partial charge in [0.05, 0.1) is 0 Å². The van der Waals surface area contributed by atoms with Crippen molar-refractivity contribution in [3.8, 4) is 17.2 Å². The van der Waals surface area contributed by atoms with Crippen molar-refractivity contribution in [1.82, 2.24) is 4.98 Å². The summed E-state index contributed by atoms with van der Waals surface area (Å²) in [6.45, 7) is 0. The van der Waals surface area contributed by atoms with Crippen molar-refractivity contribution in [2.75, 3.05) is 0 Å². The molecule has 1 heterocycles. The Bertz CT molecular complexity index is 882. The van der Waals surface area contributed by atoms with Crippen LogP contribution in [0.2, 0.25) is 0 Å². The van der Waals surface area contributed by atoms with Crippen molar-refractivity contribution in [1.29, 1.82) is 0 Å². The lowest BCUT2D eigenvalue weighted by atomic mass is 9.97. The predicted octanol–water partition coefficient (Wildman–Crippen LogP) is 5.41. The van der Waals surface area contributed by atoms with E-state index in [1.165, 1.54) is 24.3 Å². The van der Waals surface area contributed by atoms with Crippen molar-refractivity contribution in [3.63, 3.8) is 0 Å². The molecule has 0 aliphatic heterocycles. The van der Waals surface area contributed by atoms with Crippen molar-refractivity contribution < 1.29 is 35.9 Å². The molecule has 3 aromatic rings. The maximum atomic E-state index is 12.8. The highest BCUT2D eigenvalue weighted by molar-refractivity contribution is 5.77. The van der Waals surface area contributed by atoms with Crippen LogP contribution in [-0.4, -0.2) is 22.4 Å². The molecule has 0 saturated heterocycles. The summed E-state index contributed by atoms with van der Waals surface area (Å²) >= 11 is 0. The number of alkyl halides is 6. The topological polar surface area (TPSA) is 46.3 Å². The minimum atomic E-state index is -5.48. The Morgan fingerprint density at radius 2 is 1.48 bits per heavy atom. The summed E-state index contributed by atoms with van der Waals surface area (Å²) in [4.78, 5) is 3.94. The maximum Gasteiger partial charge on any atom is 0.404 e. The Labute approximate surface area is 136 Å². The Kier molecular flexibility index (Phi) is 3.89. The molecule has 0 unspecified atom stereocenters. The molecule has 1 aromatic heterocycles. The van der Waals surface area contributed by atoms with Crippen molar-refractivity contribution in [3.05, 3.63) is 48.0 Å². The average Bonchev–Trinajstić information content (AvgIpc) is 2.88. The van der Waals surface area contributed by atoms with E-state index in [9.17, 15) is 31.4 Å². The lowest BCUT2D eigenvalue weighted by Crippen LogP contribution is -2.34. The number of rotatable bonds is 2. The molecule has 1 N–H and O–H groups in total. The van der Waals surface area contributed by atoms with E-state index < -0.39 is 23.8 Å². The van der Waals surface area contributed by atoms with E-state index in [4.69, 9.17) is 4.42 Å². The molecule has 0 saturated carbocycles. The molecule has 9 heteroatoms. The van der Waals surface area contributed by atoms with Gasteiger partial charge in [-0.3, -0.25) is 0 Å². The number of benzene rings is 2. The Hall–Kier alpha value is -2.71. The first-order valence-electron chi connectivity index (χ1n) is 6.89. The molecule has 0 atom stereocenters. The number of aromatic hydroxyl groups is 1. The van der Waals surface area contributed by atoms with Gasteiger partial charge >= 0.3 is 12.4 Å². The molecule has 25 heavy (non-hydrogen) atoms. The predicted molar refractivity (Wildman–Crippen MR) is 76.0 cm³/mol. The minimum absolute atomic E-state index is 0.0136. The van der Waals surface area contributed by atoms with E-state index in [2.05, 4.69) is 4.98 Å². The molecule has 3 nitrogen and oxygen atoms in total. The number of oxazole rings is 1. The number of halogens is 6. The lowest BCUT2D eigenvalue weighted by Gasteiger charge is -2.23. The van der Waals surface area contributed by atoms with Gasteiger partial charge in [0.25, 0.3) is 0 Å². The molecule has 0 radical (unpaired) electrons. The third kappa shape index (κ3) is 3.40. The third-order valence-corrected chi connectivity index (χ3v) is 3.51. The van der Waals surface area contributed by atoms with Gasteiger partial charge in [0.2, 0.25) is 5.89 Å². The molecule has 2 aromatic carbocycles. The second-order valence-corrected chi connectivity index (χ2v) is 5.31. The summed E-state index contributed by atoms with van der Waals surface area (Å²) in [5.74, 6) is -3.60. The van der Waals surface area contributed by atoms with E-state index in [-0.39, 0.29) is 22.7 Å². The van der Waals surface area contributed by atoms with Crippen LogP contribution in [0.15, 0.2) is 46.9 Å². The SMILES string of the molecule is Oc1ccc(-c2nc3cc(C(C(F)(F)F)C(F)(F)F)ccc3o2)cc1. The number of aromatic nitrogens is 1. The van der Waals surface area contributed by atoms with Crippen LogP contribution in [-0.2, 0) is 0 Å². The summed E-state index contributed by atoms with van der Waals surface area (Å²) < 4.78 is 82.3. The zero-order chi connectivity index (χ0) is 18.4. The van der Waals surface area contributed by atoms with E-state index in [0.29, 0.717) is 11.6 Å². The molecular formula is C16H9F6NO2. The fraction of sp³-hybridized carbons (Fsp3) is 0.188. The first kappa shape index (κ1) is 17.1. The molecule has 132 valence electrons. The Morgan fingerprint density at radius 1 is 0.880 bits per heavy atom. The van der Waals surface area contributed by atoms with Crippen LogP contribution in [0, 0.1) is 0 Å². The van der Waals surface area contributed by atoms with Gasteiger partial charge in [-0.1, -0.05) is 6.07 Å². The van der Waals surface area contributed by atoms with Gasteiger partial charge in [-0.15, -0.1) is 0 Å². The van der Waals surface area contributed by atoms with Gasteiger partial charge in [-0.05, 0) is 42.0 Å². The van der Waals surface area contributed by atoms with Crippen molar-refractivity contribution >= 4 is 11.1 Å². The minimum Gasteiger partial charge on any atom is -0.508 e. The van der Waals surface area contributed by atoms with Crippen LogP contribution in [0.5, 0.6) is 5.75 Å². The summed E-state index contributed by atoms with van der Waals surface area (Å²) in [5.41, 5.74) is -0.620. The van der Waals surface area contributed by atoms with Gasteiger partial charge < -0.3 is 9.52 Å². The fourth-order valence-corrected chi connectivity index (χ4v) is 2.42. The molecular weight excluding hydrogens is 352 g/mol. The van der Waals surface area contributed by atoms with Gasteiger partial charge in [-0.2, -0.15) is 26.3 Å². The van der Waals surface area contributed by atoms with E-state index in [1.54, 1.807) is 0 Å². The summed E-state index contributed by atoms with van der Waals surface area (Å²) in [7, 11) is 0. The van der Waals surface area contributed by atoms with Crippen LogP contribution in [0.25, 0.3) is 22.6 Å². The van der Waals surface area contributed by atoms with Gasteiger partial charge in [0.15, 0.2) is 11.5 Å². The Balaban J connectivity index is 2.07. The molecule has 0 fully saturated rings. The number of hydrogen-bond acceptors (Lipinski definition) is 3. The number of fused-ring (bicyclic) bond motifs is 1. The third-order valence-electron chi connectivity index (χ3n) is 3.51. The zero-order valence-electron chi connectivity index (χ0n) is 12.2. The molecule has 0 aliphatic carbocycles. The highest BCUT2D eigenvalue weighted by Gasteiger charge is 2.57. The van der Waals surface area contributed by atoms with Crippen molar-refractivity contribution in [2.45, 2.75) is 18.3 Å². The second kappa shape index (κ2) is 5.68. The largest absolute Gasteiger partial charge is 0.508 e. The molecule has 0 spiro atoms. The Morgan fingerprint density at radius 3 is 2.04 bits per heavy atom. The normalized spacial score (nSPS) is 12.9. The van der Waals surface area contributed by atoms with Gasteiger partial charge in [0.1, 0.15) is 11.3 Å². The van der Waals surface area contributed by atoms with Crippen molar-refractivity contribution in [2.24, 2.45) is 0 Å². The number of hydrogen-bond donors (Lipinski definition) is 1. The highest BCUT2D eigenvalue weighted by atomic mass is 19.4. The smallest absolute Gasteiger partial charge is 0.404 e. The molecule has 3 rings (SSSR count). The quantitative estimate of drug-likeness (QED) is 0.621. The number of phenolic OH excluding ortho intramolecular Hbond substituents is 1. The monoisotopic (exact) mass is 361 g/mol. The molecule has 0 aliphatic rings. The summed E-state index contributed by atoms with van der Waals surface area (Å²) in [5, 5.41) is 9.23. The number of nitrogens with zero attached hydrogens (tertiary/aromatic N) is 1. The first-order valence-corrected chi connectivity index (χ1v) is 6.89.